The van der Waals surface area contributed by atoms with Crippen LogP contribution in [-0.2, 0) is 4.74 Å². The van der Waals surface area contributed by atoms with Crippen LogP contribution >= 0.6 is 0 Å². The van der Waals surface area contributed by atoms with Gasteiger partial charge in [0.05, 0.1) is 22.5 Å². The van der Waals surface area contributed by atoms with Gasteiger partial charge in [-0.15, -0.1) is 13.2 Å². The molecule has 2 saturated heterocycles. The fourth-order valence-corrected chi connectivity index (χ4v) is 4.36. The average molecular weight is 502 g/mol. The molecule has 3 aromatic rings. The Morgan fingerprint density at radius 1 is 1.08 bits per heavy atom. The zero-order chi connectivity index (χ0) is 25.8. The lowest BCUT2D eigenvalue weighted by Gasteiger charge is -2.40. The predicted octanol–water partition coefficient (Wildman–Crippen LogP) is 5.03. The van der Waals surface area contributed by atoms with Crippen LogP contribution in [0.25, 0.3) is 16.7 Å². The smallest absolute Gasteiger partial charge is 0.444 e. The second kappa shape index (κ2) is 8.42. The van der Waals surface area contributed by atoms with Crippen LogP contribution in [-0.4, -0.2) is 63.9 Å². The number of fused-ring (bicyclic) bond motifs is 1. The van der Waals surface area contributed by atoms with Crippen LogP contribution in [0, 0.1) is 0 Å². The molecule has 0 bridgehead atoms. The highest BCUT2D eigenvalue weighted by molar-refractivity contribution is 5.94. The Balaban J connectivity index is 1.49. The quantitative estimate of drug-likeness (QED) is 0.467. The summed E-state index contributed by atoms with van der Waals surface area (Å²) >= 11 is 0. The molecule has 4 heterocycles. The average Bonchev–Trinajstić information content (AvgIpc) is 3.08. The monoisotopic (exact) mass is 501 g/mol. The predicted molar refractivity (Wildman–Crippen MR) is 127 cm³/mol. The minimum Gasteiger partial charge on any atom is -0.444 e. The summed E-state index contributed by atoms with van der Waals surface area (Å²) in [5.41, 5.74) is 3.40. The van der Waals surface area contributed by atoms with Gasteiger partial charge in [0.15, 0.2) is 5.65 Å². The lowest BCUT2D eigenvalue weighted by Crippen LogP contribution is -2.50. The van der Waals surface area contributed by atoms with Crippen molar-refractivity contribution in [1.82, 2.24) is 19.7 Å². The fourth-order valence-electron chi connectivity index (χ4n) is 4.36. The van der Waals surface area contributed by atoms with E-state index < -0.39 is 12.0 Å². The molecular weight excluding hydrogens is 475 g/mol. The Morgan fingerprint density at radius 2 is 1.75 bits per heavy atom. The Kier molecular flexibility index (Phi) is 5.60. The van der Waals surface area contributed by atoms with Crippen LogP contribution in [0.4, 0.5) is 23.7 Å². The van der Waals surface area contributed by atoms with Gasteiger partial charge >= 0.3 is 12.5 Å². The Labute approximate surface area is 205 Å². The van der Waals surface area contributed by atoms with E-state index in [9.17, 15) is 18.0 Å². The number of alkyl halides is 3. The molecule has 2 aliphatic heterocycles. The third-order valence-electron chi connectivity index (χ3n) is 5.98. The number of likely N-dealkylation sites (tertiary alicyclic amines) is 1. The lowest BCUT2D eigenvalue weighted by molar-refractivity contribution is -0.274. The SMILES string of the molecule is C=C1CN(c2ccnc3c2c(C2CN(C(=O)OC(C)(C)C)C2)nn3-c2ccc(OC(F)(F)F)cc2)C1. The first-order valence-electron chi connectivity index (χ1n) is 11.5. The Hall–Kier alpha value is -3.76. The maximum absolute atomic E-state index is 12.6. The third-order valence-corrected chi connectivity index (χ3v) is 5.98. The summed E-state index contributed by atoms with van der Waals surface area (Å²) in [6, 6.07) is 7.42. The first kappa shape index (κ1) is 24.0. The maximum atomic E-state index is 12.6. The van der Waals surface area contributed by atoms with Crippen molar-refractivity contribution in [2.75, 3.05) is 31.1 Å². The van der Waals surface area contributed by atoms with Crippen molar-refractivity contribution in [1.29, 1.82) is 0 Å². The van der Waals surface area contributed by atoms with Crippen LogP contribution in [0.2, 0.25) is 0 Å². The minimum absolute atomic E-state index is 0.0402. The number of benzene rings is 1. The molecule has 2 fully saturated rings. The molecule has 0 radical (unpaired) electrons. The molecule has 0 saturated carbocycles. The number of carbonyl (C=O) groups excluding carboxylic acids is 1. The van der Waals surface area contributed by atoms with E-state index in [-0.39, 0.29) is 17.8 Å². The lowest BCUT2D eigenvalue weighted by atomic mass is 9.94. The van der Waals surface area contributed by atoms with Gasteiger partial charge in [-0.3, -0.25) is 0 Å². The molecule has 2 aromatic heterocycles. The summed E-state index contributed by atoms with van der Waals surface area (Å²) < 4.78 is 48.8. The maximum Gasteiger partial charge on any atom is 0.573 e. The third kappa shape index (κ3) is 4.69. The van der Waals surface area contributed by atoms with Crippen molar-refractivity contribution in [3.8, 4) is 11.4 Å². The molecule has 0 unspecified atom stereocenters. The van der Waals surface area contributed by atoms with E-state index in [1.807, 2.05) is 26.8 Å². The van der Waals surface area contributed by atoms with E-state index >= 15 is 0 Å². The molecule has 0 spiro atoms. The highest BCUT2D eigenvalue weighted by atomic mass is 19.4. The molecule has 5 rings (SSSR count). The normalized spacial score (nSPS) is 16.7. The molecule has 11 heteroatoms. The number of pyridine rings is 1. The molecule has 1 aromatic carbocycles. The van der Waals surface area contributed by atoms with Crippen LogP contribution in [0.15, 0.2) is 48.7 Å². The molecule has 0 N–H and O–H groups in total. The summed E-state index contributed by atoms with van der Waals surface area (Å²) in [6.07, 6.45) is -3.45. The Bertz CT molecular complexity index is 1310. The van der Waals surface area contributed by atoms with Crippen molar-refractivity contribution in [3.63, 3.8) is 0 Å². The van der Waals surface area contributed by atoms with Crippen molar-refractivity contribution < 1.29 is 27.4 Å². The van der Waals surface area contributed by atoms with E-state index in [0.29, 0.717) is 24.4 Å². The zero-order valence-corrected chi connectivity index (χ0v) is 20.2. The number of hydrogen-bond acceptors (Lipinski definition) is 6. The molecule has 8 nitrogen and oxygen atoms in total. The largest absolute Gasteiger partial charge is 0.573 e. The summed E-state index contributed by atoms with van der Waals surface area (Å²) in [4.78, 5) is 20.8. The van der Waals surface area contributed by atoms with Crippen LogP contribution in [0.3, 0.4) is 0 Å². The highest BCUT2D eigenvalue weighted by Crippen LogP contribution is 2.39. The van der Waals surface area contributed by atoms with Crippen molar-refractivity contribution in [2.24, 2.45) is 0 Å². The van der Waals surface area contributed by atoms with E-state index in [4.69, 9.17) is 9.84 Å². The standard InChI is InChI=1S/C25H26F3N5O3/c1-15-11-31(12-15)19-9-10-29-22-20(19)21(16-13-32(14-16)23(34)36-24(2,3)4)30-33(22)17-5-7-18(8-6-17)35-25(26,27)28/h5-10,16H,1,11-14H2,2-4H3. The second-order valence-electron chi connectivity index (χ2n) is 10.1. The number of nitrogens with zero attached hydrogens (tertiary/aromatic N) is 5. The van der Waals surface area contributed by atoms with Crippen molar-refractivity contribution in [3.05, 3.63) is 54.4 Å². The van der Waals surface area contributed by atoms with E-state index in [2.05, 4.69) is 21.2 Å². The number of aromatic nitrogens is 3. The first-order chi connectivity index (χ1) is 16.9. The molecule has 0 aliphatic carbocycles. The number of amides is 1. The second-order valence-corrected chi connectivity index (χ2v) is 10.1. The number of ether oxygens (including phenoxy) is 2. The summed E-state index contributed by atoms with van der Waals surface area (Å²) in [5, 5.41) is 5.69. The first-order valence-corrected chi connectivity index (χ1v) is 11.5. The summed E-state index contributed by atoms with van der Waals surface area (Å²) in [6.45, 7) is 11.8. The molecular formula is C25H26F3N5O3. The van der Waals surface area contributed by atoms with Gasteiger partial charge < -0.3 is 19.3 Å². The van der Waals surface area contributed by atoms with E-state index in [0.717, 1.165) is 35.4 Å². The summed E-state index contributed by atoms with van der Waals surface area (Å²) in [7, 11) is 0. The van der Waals surface area contributed by atoms with Gasteiger partial charge in [0.1, 0.15) is 11.4 Å². The van der Waals surface area contributed by atoms with Gasteiger partial charge in [-0.1, -0.05) is 6.58 Å². The molecule has 190 valence electrons. The van der Waals surface area contributed by atoms with Gasteiger partial charge in [0, 0.05) is 38.3 Å². The molecule has 1 amide bonds. The molecule has 0 atom stereocenters. The van der Waals surface area contributed by atoms with E-state index in [1.165, 1.54) is 24.3 Å². The summed E-state index contributed by atoms with van der Waals surface area (Å²) in [5.74, 6) is -0.357. The number of halogens is 3. The Morgan fingerprint density at radius 3 is 2.33 bits per heavy atom. The van der Waals surface area contributed by atoms with Crippen molar-refractivity contribution >= 4 is 22.8 Å². The zero-order valence-electron chi connectivity index (χ0n) is 20.2. The molecule has 36 heavy (non-hydrogen) atoms. The number of carbonyl (C=O) groups is 1. The number of rotatable bonds is 4. The van der Waals surface area contributed by atoms with Gasteiger partial charge in [-0.25, -0.2) is 14.5 Å². The van der Waals surface area contributed by atoms with E-state index in [1.54, 1.807) is 15.8 Å². The number of hydrogen-bond donors (Lipinski definition) is 0. The fraction of sp³-hybridized carbons (Fsp3) is 0.400. The topological polar surface area (TPSA) is 72.7 Å². The molecule has 2 aliphatic rings. The van der Waals surface area contributed by atoms with Gasteiger partial charge in [0.2, 0.25) is 0 Å². The van der Waals surface area contributed by atoms with Gasteiger partial charge in [-0.2, -0.15) is 5.10 Å². The van der Waals surface area contributed by atoms with Crippen LogP contribution < -0.4 is 9.64 Å². The minimum atomic E-state index is -4.77. The number of anilines is 1. The van der Waals surface area contributed by atoms with Crippen LogP contribution in [0.1, 0.15) is 32.4 Å². The van der Waals surface area contributed by atoms with Crippen LogP contribution in [0.5, 0.6) is 5.75 Å². The van der Waals surface area contributed by atoms with Crippen molar-refractivity contribution in [2.45, 2.75) is 38.7 Å². The van der Waals surface area contributed by atoms with Gasteiger partial charge in [0.25, 0.3) is 0 Å². The van der Waals surface area contributed by atoms with Gasteiger partial charge in [-0.05, 0) is 56.7 Å². The highest BCUT2D eigenvalue weighted by Gasteiger charge is 2.38.